The molecule has 0 bridgehead atoms. The highest BCUT2D eigenvalue weighted by Gasteiger charge is 2.05. The molecule has 5 heteroatoms. The zero-order valence-electron chi connectivity index (χ0n) is 8.75. The van der Waals surface area contributed by atoms with Crippen molar-refractivity contribution < 1.29 is 0 Å². The Balaban J connectivity index is 2.11. The summed E-state index contributed by atoms with van der Waals surface area (Å²) in [5.41, 5.74) is 2.96. The molecule has 0 radical (unpaired) electrons. The van der Waals surface area contributed by atoms with Crippen LogP contribution in [-0.4, -0.2) is 19.9 Å². The molecule has 5 nitrogen and oxygen atoms in total. The van der Waals surface area contributed by atoms with E-state index >= 15 is 0 Å². The van der Waals surface area contributed by atoms with Gasteiger partial charge in [-0.25, -0.2) is 4.98 Å². The van der Waals surface area contributed by atoms with Crippen molar-refractivity contribution in [3.63, 3.8) is 0 Å². The van der Waals surface area contributed by atoms with Crippen LogP contribution in [0.3, 0.4) is 0 Å². The molecule has 0 aromatic carbocycles. The molecule has 1 N–H and O–H groups in total. The van der Waals surface area contributed by atoms with Gasteiger partial charge in [0, 0.05) is 12.4 Å². The Morgan fingerprint density at radius 1 is 1.18 bits per heavy atom. The Kier molecular flexibility index (Phi) is 2.06. The number of pyridine rings is 2. The molecular weight excluding hydrogens is 214 g/mol. The van der Waals surface area contributed by atoms with E-state index in [4.69, 9.17) is 5.26 Å². The Labute approximate surface area is 96.8 Å². The fourth-order valence-corrected chi connectivity index (χ4v) is 1.58. The molecule has 3 rings (SSSR count). The van der Waals surface area contributed by atoms with Gasteiger partial charge in [-0.3, -0.25) is 9.97 Å². The Morgan fingerprint density at radius 3 is 2.82 bits per heavy atom. The Morgan fingerprint density at radius 2 is 2.12 bits per heavy atom. The summed E-state index contributed by atoms with van der Waals surface area (Å²) < 4.78 is 0. The van der Waals surface area contributed by atoms with Crippen LogP contribution in [0.1, 0.15) is 5.56 Å². The van der Waals surface area contributed by atoms with Crippen LogP contribution in [0.25, 0.3) is 22.6 Å². The summed E-state index contributed by atoms with van der Waals surface area (Å²) in [6.07, 6.45) is 4.94. The molecule has 80 valence electrons. The summed E-state index contributed by atoms with van der Waals surface area (Å²) >= 11 is 0. The quantitative estimate of drug-likeness (QED) is 0.680. The number of rotatable bonds is 1. The lowest BCUT2D eigenvalue weighted by Gasteiger charge is -1.94. The van der Waals surface area contributed by atoms with Crippen molar-refractivity contribution in [2.45, 2.75) is 0 Å². The third kappa shape index (κ3) is 1.62. The van der Waals surface area contributed by atoms with E-state index in [9.17, 15) is 0 Å². The topological polar surface area (TPSA) is 78.2 Å². The smallest absolute Gasteiger partial charge is 0.157 e. The highest BCUT2D eigenvalue weighted by atomic mass is 15.0. The van der Waals surface area contributed by atoms with Crippen molar-refractivity contribution in [2.75, 3.05) is 0 Å². The van der Waals surface area contributed by atoms with Crippen LogP contribution < -0.4 is 0 Å². The summed E-state index contributed by atoms with van der Waals surface area (Å²) in [5.74, 6) is 0.678. The number of aromatic amines is 1. The normalized spacial score (nSPS) is 10.3. The lowest BCUT2D eigenvalue weighted by atomic mass is 10.2. The second-order valence-corrected chi connectivity index (χ2v) is 3.52. The minimum Gasteiger partial charge on any atom is -0.335 e. The fourth-order valence-electron chi connectivity index (χ4n) is 1.58. The Hall–Kier alpha value is -2.74. The third-order valence-corrected chi connectivity index (χ3v) is 2.42. The van der Waals surface area contributed by atoms with E-state index in [0.717, 1.165) is 11.0 Å². The molecule has 0 unspecified atom stereocenters. The number of imidazole rings is 1. The summed E-state index contributed by atoms with van der Waals surface area (Å²) in [6, 6.07) is 7.35. The van der Waals surface area contributed by atoms with E-state index < -0.39 is 0 Å². The molecule has 0 atom stereocenters. The summed E-state index contributed by atoms with van der Waals surface area (Å²) in [7, 11) is 0. The first kappa shape index (κ1) is 9.48. The van der Waals surface area contributed by atoms with Gasteiger partial charge in [0.25, 0.3) is 0 Å². The molecular formula is C12H7N5. The van der Waals surface area contributed by atoms with Crippen LogP contribution in [0.4, 0.5) is 0 Å². The number of H-pyrrole nitrogens is 1. The molecule has 0 amide bonds. The van der Waals surface area contributed by atoms with Gasteiger partial charge in [-0.05, 0) is 18.2 Å². The van der Waals surface area contributed by atoms with E-state index in [1.807, 2.05) is 12.1 Å². The van der Waals surface area contributed by atoms with Gasteiger partial charge < -0.3 is 4.98 Å². The van der Waals surface area contributed by atoms with Gasteiger partial charge in [-0.1, -0.05) is 0 Å². The lowest BCUT2D eigenvalue weighted by Crippen LogP contribution is -1.86. The SMILES string of the molecule is N#Cc1ccc(-c2nc3ccncc3[nH]2)nc1. The molecule has 0 aliphatic heterocycles. The largest absolute Gasteiger partial charge is 0.335 e. The molecule has 0 fully saturated rings. The number of hydrogen-bond donors (Lipinski definition) is 1. The van der Waals surface area contributed by atoms with Crippen LogP contribution in [0, 0.1) is 11.3 Å². The van der Waals surface area contributed by atoms with Crippen LogP contribution in [0.2, 0.25) is 0 Å². The van der Waals surface area contributed by atoms with Crippen molar-refractivity contribution in [1.29, 1.82) is 5.26 Å². The summed E-state index contributed by atoms with van der Waals surface area (Å²) in [4.78, 5) is 15.7. The molecule has 0 spiro atoms. The van der Waals surface area contributed by atoms with Crippen molar-refractivity contribution >= 4 is 11.0 Å². The monoisotopic (exact) mass is 221 g/mol. The maximum Gasteiger partial charge on any atom is 0.157 e. The first-order chi connectivity index (χ1) is 8.36. The van der Waals surface area contributed by atoms with E-state index in [1.165, 1.54) is 6.20 Å². The predicted octanol–water partition coefficient (Wildman–Crippen LogP) is 1.89. The number of hydrogen-bond acceptors (Lipinski definition) is 4. The zero-order valence-corrected chi connectivity index (χ0v) is 8.75. The number of fused-ring (bicyclic) bond motifs is 1. The number of nitriles is 1. The number of nitrogens with one attached hydrogen (secondary N) is 1. The molecule has 3 aromatic heterocycles. The highest BCUT2D eigenvalue weighted by molar-refractivity contribution is 5.77. The van der Waals surface area contributed by atoms with E-state index in [1.54, 1.807) is 24.5 Å². The summed E-state index contributed by atoms with van der Waals surface area (Å²) in [6.45, 7) is 0. The second-order valence-electron chi connectivity index (χ2n) is 3.52. The van der Waals surface area contributed by atoms with Gasteiger partial charge in [0.2, 0.25) is 0 Å². The van der Waals surface area contributed by atoms with Crippen molar-refractivity contribution in [2.24, 2.45) is 0 Å². The number of aromatic nitrogens is 4. The van der Waals surface area contributed by atoms with Crippen LogP contribution in [0.5, 0.6) is 0 Å². The predicted molar refractivity (Wildman–Crippen MR) is 61.8 cm³/mol. The van der Waals surface area contributed by atoms with Gasteiger partial charge in [0.15, 0.2) is 5.82 Å². The standard InChI is InChI=1S/C12H7N5/c13-5-8-1-2-10(15-6-8)12-16-9-3-4-14-7-11(9)17-12/h1-4,6-7H,(H,16,17). The minimum absolute atomic E-state index is 0.534. The van der Waals surface area contributed by atoms with Gasteiger partial charge >= 0.3 is 0 Å². The van der Waals surface area contributed by atoms with E-state index in [0.29, 0.717) is 17.1 Å². The van der Waals surface area contributed by atoms with Crippen LogP contribution >= 0.6 is 0 Å². The highest BCUT2D eigenvalue weighted by Crippen LogP contribution is 2.17. The number of nitrogens with zero attached hydrogens (tertiary/aromatic N) is 4. The van der Waals surface area contributed by atoms with Crippen LogP contribution in [0.15, 0.2) is 36.8 Å². The van der Waals surface area contributed by atoms with Crippen molar-refractivity contribution in [3.8, 4) is 17.6 Å². The zero-order chi connectivity index (χ0) is 11.7. The third-order valence-electron chi connectivity index (χ3n) is 2.42. The van der Waals surface area contributed by atoms with E-state index in [-0.39, 0.29) is 0 Å². The van der Waals surface area contributed by atoms with Crippen molar-refractivity contribution in [1.82, 2.24) is 19.9 Å². The molecule has 0 saturated carbocycles. The van der Waals surface area contributed by atoms with Gasteiger partial charge in [0.1, 0.15) is 11.8 Å². The minimum atomic E-state index is 0.534. The maximum atomic E-state index is 8.69. The average Bonchev–Trinajstić information content (AvgIpc) is 2.82. The van der Waals surface area contributed by atoms with E-state index in [2.05, 4.69) is 19.9 Å². The van der Waals surface area contributed by atoms with Crippen molar-refractivity contribution in [3.05, 3.63) is 42.4 Å². The lowest BCUT2D eigenvalue weighted by molar-refractivity contribution is 1.23. The molecule has 0 aliphatic rings. The Bertz CT molecular complexity index is 673. The molecule has 3 aromatic rings. The summed E-state index contributed by atoms with van der Waals surface area (Å²) in [5, 5.41) is 8.69. The average molecular weight is 221 g/mol. The molecule has 0 aliphatic carbocycles. The van der Waals surface area contributed by atoms with Gasteiger partial charge in [-0.2, -0.15) is 5.26 Å². The van der Waals surface area contributed by atoms with Gasteiger partial charge in [0.05, 0.1) is 22.8 Å². The molecule has 0 saturated heterocycles. The molecule has 3 heterocycles. The molecule has 17 heavy (non-hydrogen) atoms. The fraction of sp³-hybridized carbons (Fsp3) is 0. The van der Waals surface area contributed by atoms with Gasteiger partial charge in [-0.15, -0.1) is 0 Å². The first-order valence-electron chi connectivity index (χ1n) is 5.03. The van der Waals surface area contributed by atoms with Crippen LogP contribution in [-0.2, 0) is 0 Å². The maximum absolute atomic E-state index is 8.69. The second kappa shape index (κ2) is 3.68. The first-order valence-corrected chi connectivity index (χ1v) is 5.03.